The quantitative estimate of drug-likeness (QED) is 0.653. The van der Waals surface area contributed by atoms with Crippen LogP contribution in [0.5, 0.6) is 0 Å². The van der Waals surface area contributed by atoms with Gasteiger partial charge in [-0.15, -0.1) is 11.3 Å². The predicted molar refractivity (Wildman–Crippen MR) is 92.5 cm³/mol. The van der Waals surface area contributed by atoms with Crippen LogP contribution in [0.15, 0.2) is 28.1 Å². The predicted octanol–water partition coefficient (Wildman–Crippen LogP) is 4.78. The van der Waals surface area contributed by atoms with E-state index in [2.05, 4.69) is 21.2 Å². The van der Waals surface area contributed by atoms with Crippen molar-refractivity contribution in [2.45, 2.75) is 19.9 Å². The van der Waals surface area contributed by atoms with Crippen LogP contribution in [0.2, 0.25) is 0 Å². The molecule has 1 amide bonds. The first-order valence-corrected chi connectivity index (χ1v) is 8.97. The zero-order valence-electron chi connectivity index (χ0n) is 12.9. The zero-order chi connectivity index (χ0) is 17.7. The molecule has 0 aliphatic rings. The van der Waals surface area contributed by atoms with Gasteiger partial charge in [-0.25, -0.2) is 13.2 Å². The summed E-state index contributed by atoms with van der Waals surface area (Å²) >= 11 is 5.02. The van der Waals surface area contributed by atoms with Gasteiger partial charge in [-0.1, -0.05) is 6.92 Å². The van der Waals surface area contributed by atoms with Crippen LogP contribution in [0.3, 0.4) is 0 Å². The molecule has 3 nitrogen and oxygen atoms in total. The lowest BCUT2D eigenvalue weighted by atomic mass is 10.2. The van der Waals surface area contributed by atoms with Gasteiger partial charge in [0.2, 0.25) is 5.91 Å². The van der Waals surface area contributed by atoms with Crippen molar-refractivity contribution in [3.05, 3.63) is 50.4 Å². The van der Waals surface area contributed by atoms with Crippen LogP contribution >= 0.6 is 27.3 Å². The van der Waals surface area contributed by atoms with E-state index in [4.69, 9.17) is 0 Å². The minimum Gasteiger partial charge on any atom is -0.322 e. The summed E-state index contributed by atoms with van der Waals surface area (Å²) in [6, 6.07) is 3.72. The lowest BCUT2D eigenvalue weighted by molar-refractivity contribution is -0.117. The Morgan fingerprint density at radius 3 is 2.62 bits per heavy atom. The molecule has 2 rings (SSSR count). The Morgan fingerprint density at radius 2 is 2.00 bits per heavy atom. The minimum absolute atomic E-state index is 0.0244. The summed E-state index contributed by atoms with van der Waals surface area (Å²) in [5.41, 5.74) is -0.368. The van der Waals surface area contributed by atoms with Gasteiger partial charge in [0.05, 0.1) is 12.2 Å². The van der Waals surface area contributed by atoms with Crippen LogP contribution < -0.4 is 5.32 Å². The fourth-order valence-corrected chi connectivity index (χ4v) is 3.71. The molecule has 0 spiro atoms. The molecule has 0 saturated heterocycles. The molecule has 0 unspecified atom stereocenters. The maximum Gasteiger partial charge on any atom is 0.238 e. The number of carbonyl (C=O) groups is 1. The van der Waals surface area contributed by atoms with Crippen molar-refractivity contribution in [3.8, 4) is 0 Å². The number of hydrogen-bond acceptors (Lipinski definition) is 3. The monoisotopic (exact) mass is 420 g/mol. The van der Waals surface area contributed by atoms with Gasteiger partial charge < -0.3 is 5.32 Å². The van der Waals surface area contributed by atoms with E-state index < -0.39 is 23.4 Å². The zero-order valence-corrected chi connectivity index (χ0v) is 15.3. The second kappa shape index (κ2) is 8.64. The molecule has 24 heavy (non-hydrogen) atoms. The average Bonchev–Trinajstić information content (AvgIpc) is 2.93. The standard InChI is InChI=1S/C16H16BrF3N2OS/c1-2-6-22(8-13-10(17)5-7-24-13)9-14(23)21-12-4-3-11(18)15(19)16(12)20/h3-5,7H,2,6,8-9H2,1H3,(H,21,23). The number of hydrogen-bond donors (Lipinski definition) is 1. The summed E-state index contributed by atoms with van der Waals surface area (Å²) in [7, 11) is 0. The van der Waals surface area contributed by atoms with Crippen molar-refractivity contribution in [2.24, 2.45) is 0 Å². The van der Waals surface area contributed by atoms with E-state index in [1.54, 1.807) is 11.3 Å². The Hall–Kier alpha value is -1.38. The maximum absolute atomic E-state index is 13.6. The SMILES string of the molecule is CCCN(CC(=O)Nc1ccc(F)c(F)c1F)Cc1sccc1Br. The van der Waals surface area contributed by atoms with Crippen molar-refractivity contribution < 1.29 is 18.0 Å². The van der Waals surface area contributed by atoms with Gasteiger partial charge in [0.1, 0.15) is 0 Å². The Morgan fingerprint density at radius 1 is 1.25 bits per heavy atom. The fraction of sp³-hybridized carbons (Fsp3) is 0.312. The number of thiophene rings is 1. The van der Waals surface area contributed by atoms with Crippen LogP contribution in [0, 0.1) is 17.5 Å². The van der Waals surface area contributed by atoms with E-state index >= 15 is 0 Å². The smallest absolute Gasteiger partial charge is 0.238 e. The molecule has 1 heterocycles. The first kappa shape index (κ1) is 19.0. The summed E-state index contributed by atoms with van der Waals surface area (Å²) in [5, 5.41) is 4.24. The van der Waals surface area contributed by atoms with E-state index in [9.17, 15) is 18.0 Å². The van der Waals surface area contributed by atoms with Gasteiger partial charge in [0.25, 0.3) is 0 Å². The summed E-state index contributed by atoms with van der Waals surface area (Å²) < 4.78 is 40.7. The van der Waals surface area contributed by atoms with E-state index in [-0.39, 0.29) is 12.2 Å². The second-order valence-electron chi connectivity index (χ2n) is 5.17. The Bertz CT molecular complexity index is 723. The molecule has 1 aromatic heterocycles. The number of carbonyl (C=O) groups excluding carboxylic acids is 1. The number of benzene rings is 1. The highest BCUT2D eigenvalue weighted by molar-refractivity contribution is 9.10. The van der Waals surface area contributed by atoms with Crippen molar-refractivity contribution >= 4 is 38.9 Å². The minimum atomic E-state index is -1.60. The maximum atomic E-state index is 13.6. The third-order valence-electron chi connectivity index (χ3n) is 3.27. The summed E-state index contributed by atoms with van der Waals surface area (Å²) in [6.07, 6.45) is 0.843. The topological polar surface area (TPSA) is 32.3 Å². The normalized spacial score (nSPS) is 11.1. The lowest BCUT2D eigenvalue weighted by Gasteiger charge is -2.20. The van der Waals surface area contributed by atoms with Gasteiger partial charge in [-0.2, -0.15) is 0 Å². The number of halogens is 4. The molecule has 0 aliphatic heterocycles. The Labute approximate surface area is 150 Å². The molecule has 0 fully saturated rings. The van der Waals surface area contributed by atoms with E-state index in [1.165, 1.54) is 0 Å². The van der Waals surface area contributed by atoms with Crippen molar-refractivity contribution in [3.63, 3.8) is 0 Å². The highest BCUT2D eigenvalue weighted by Gasteiger charge is 2.17. The molecule has 8 heteroatoms. The van der Waals surface area contributed by atoms with Crippen LogP contribution in [0.1, 0.15) is 18.2 Å². The highest BCUT2D eigenvalue weighted by atomic mass is 79.9. The molecular weight excluding hydrogens is 405 g/mol. The van der Waals surface area contributed by atoms with Gasteiger partial charge in [0, 0.05) is 15.9 Å². The summed E-state index contributed by atoms with van der Waals surface area (Å²) in [4.78, 5) is 15.1. The third kappa shape index (κ3) is 4.81. The van der Waals surface area contributed by atoms with Gasteiger partial charge in [0.15, 0.2) is 17.5 Å². The van der Waals surface area contributed by atoms with Gasteiger partial charge >= 0.3 is 0 Å². The van der Waals surface area contributed by atoms with Crippen LogP contribution in [0.25, 0.3) is 0 Å². The molecule has 2 aromatic rings. The summed E-state index contributed by atoms with van der Waals surface area (Å²) in [5.74, 6) is -4.77. The molecule has 130 valence electrons. The first-order valence-electron chi connectivity index (χ1n) is 7.30. The molecular formula is C16H16BrF3N2OS. The van der Waals surface area contributed by atoms with Gasteiger partial charge in [-0.3, -0.25) is 9.69 Å². The van der Waals surface area contributed by atoms with Crippen LogP contribution in [-0.4, -0.2) is 23.9 Å². The first-order chi connectivity index (χ1) is 11.4. The Kier molecular flexibility index (Phi) is 6.82. The van der Waals surface area contributed by atoms with Crippen molar-refractivity contribution in [2.75, 3.05) is 18.4 Å². The van der Waals surface area contributed by atoms with Crippen molar-refractivity contribution in [1.29, 1.82) is 0 Å². The van der Waals surface area contributed by atoms with E-state index in [0.717, 1.165) is 27.9 Å². The van der Waals surface area contributed by atoms with Crippen molar-refractivity contribution in [1.82, 2.24) is 4.90 Å². The molecule has 0 saturated carbocycles. The molecule has 0 aliphatic carbocycles. The highest BCUT2D eigenvalue weighted by Crippen LogP contribution is 2.24. The molecule has 0 atom stereocenters. The van der Waals surface area contributed by atoms with E-state index in [0.29, 0.717) is 13.1 Å². The lowest BCUT2D eigenvalue weighted by Crippen LogP contribution is -2.33. The largest absolute Gasteiger partial charge is 0.322 e. The van der Waals surface area contributed by atoms with Gasteiger partial charge in [-0.05, 0) is 52.5 Å². The van der Waals surface area contributed by atoms with Crippen LogP contribution in [-0.2, 0) is 11.3 Å². The molecule has 1 N–H and O–H groups in total. The fourth-order valence-electron chi connectivity index (χ4n) is 2.19. The number of nitrogens with zero attached hydrogens (tertiary/aromatic N) is 1. The number of anilines is 1. The second-order valence-corrected chi connectivity index (χ2v) is 7.03. The summed E-state index contributed by atoms with van der Waals surface area (Å²) in [6.45, 7) is 3.26. The van der Waals surface area contributed by atoms with E-state index in [1.807, 2.05) is 23.3 Å². The number of nitrogens with one attached hydrogen (secondary N) is 1. The van der Waals surface area contributed by atoms with Crippen LogP contribution in [0.4, 0.5) is 18.9 Å². The number of amides is 1. The molecule has 1 aromatic carbocycles. The Balaban J connectivity index is 2.03. The number of rotatable bonds is 7. The average molecular weight is 421 g/mol. The molecule has 0 bridgehead atoms. The molecule has 0 radical (unpaired) electrons. The third-order valence-corrected chi connectivity index (χ3v) is 5.19.